The fourth-order valence-electron chi connectivity index (χ4n) is 1.67. The van der Waals surface area contributed by atoms with Gasteiger partial charge < -0.3 is 19.7 Å². The van der Waals surface area contributed by atoms with E-state index in [-0.39, 0.29) is 31.8 Å². The summed E-state index contributed by atoms with van der Waals surface area (Å²) in [6, 6.07) is -1.09. The zero-order valence-corrected chi connectivity index (χ0v) is 11.8. The van der Waals surface area contributed by atoms with Crippen LogP contribution in [0, 0.1) is 0 Å². The average Bonchev–Trinajstić information content (AvgIpc) is 2.94. The van der Waals surface area contributed by atoms with Crippen molar-refractivity contribution in [1.29, 1.82) is 0 Å². The third-order valence-electron chi connectivity index (χ3n) is 2.73. The molecule has 1 rings (SSSR count). The van der Waals surface area contributed by atoms with Crippen LogP contribution in [0.15, 0.2) is 18.7 Å². The number of nitrogens with zero attached hydrogens (tertiary/aromatic N) is 2. The molecule has 116 valence electrons. The number of esters is 1. The number of carboxylic acid groups (broad SMARTS) is 1. The molecule has 1 aromatic heterocycles. The Bertz CT molecular complexity index is 472. The van der Waals surface area contributed by atoms with Crippen LogP contribution in [0.5, 0.6) is 0 Å². The van der Waals surface area contributed by atoms with Crippen molar-refractivity contribution in [3.05, 3.63) is 18.7 Å². The van der Waals surface area contributed by atoms with Gasteiger partial charge in [0.25, 0.3) is 0 Å². The molecule has 21 heavy (non-hydrogen) atoms. The fourth-order valence-corrected chi connectivity index (χ4v) is 1.67. The van der Waals surface area contributed by atoms with Gasteiger partial charge in [-0.25, -0.2) is 9.78 Å². The minimum Gasteiger partial charge on any atom is -0.480 e. The molecule has 2 N–H and O–H groups in total. The molecule has 0 bridgehead atoms. The van der Waals surface area contributed by atoms with Crippen molar-refractivity contribution in [2.75, 3.05) is 6.61 Å². The third-order valence-corrected chi connectivity index (χ3v) is 2.73. The number of aliphatic carboxylic acids is 1. The van der Waals surface area contributed by atoms with Gasteiger partial charge in [0.05, 0.1) is 12.9 Å². The molecular formula is C13H19N3O5. The van der Waals surface area contributed by atoms with Gasteiger partial charge in [0.15, 0.2) is 0 Å². The summed E-state index contributed by atoms with van der Waals surface area (Å²) in [6.45, 7) is 2.33. The van der Waals surface area contributed by atoms with Crippen LogP contribution in [0.2, 0.25) is 0 Å². The minimum absolute atomic E-state index is 0.00494. The van der Waals surface area contributed by atoms with Crippen molar-refractivity contribution < 1.29 is 24.2 Å². The topological polar surface area (TPSA) is 111 Å². The van der Waals surface area contributed by atoms with E-state index in [0.717, 1.165) is 0 Å². The van der Waals surface area contributed by atoms with Crippen LogP contribution in [-0.2, 0) is 25.7 Å². The molecule has 0 spiro atoms. The molecule has 0 radical (unpaired) electrons. The van der Waals surface area contributed by atoms with Gasteiger partial charge in [-0.3, -0.25) is 9.59 Å². The van der Waals surface area contributed by atoms with Gasteiger partial charge in [-0.2, -0.15) is 0 Å². The first-order chi connectivity index (χ1) is 10.0. The second kappa shape index (κ2) is 8.72. The molecule has 1 heterocycles. The summed E-state index contributed by atoms with van der Waals surface area (Å²) in [5, 5.41) is 11.4. The number of rotatable bonds is 9. The van der Waals surface area contributed by atoms with E-state index < -0.39 is 18.0 Å². The van der Waals surface area contributed by atoms with Crippen molar-refractivity contribution in [3.8, 4) is 0 Å². The molecule has 0 aromatic carbocycles. The summed E-state index contributed by atoms with van der Waals surface area (Å²) in [5.41, 5.74) is 0. The molecule has 0 aliphatic heterocycles. The van der Waals surface area contributed by atoms with Gasteiger partial charge in [0, 0.05) is 31.8 Å². The number of amides is 1. The molecule has 0 saturated heterocycles. The summed E-state index contributed by atoms with van der Waals surface area (Å²) >= 11 is 0. The molecule has 8 heteroatoms. The minimum atomic E-state index is -1.17. The van der Waals surface area contributed by atoms with Gasteiger partial charge in [0.1, 0.15) is 6.04 Å². The largest absolute Gasteiger partial charge is 0.480 e. The van der Waals surface area contributed by atoms with Crippen molar-refractivity contribution in [1.82, 2.24) is 14.9 Å². The molecule has 0 aliphatic carbocycles. The van der Waals surface area contributed by atoms with E-state index in [4.69, 9.17) is 9.84 Å². The van der Waals surface area contributed by atoms with Crippen LogP contribution in [-0.4, -0.2) is 45.2 Å². The van der Waals surface area contributed by atoms with Gasteiger partial charge in [-0.05, 0) is 13.3 Å². The van der Waals surface area contributed by atoms with E-state index in [2.05, 4.69) is 10.3 Å². The lowest BCUT2D eigenvalue weighted by Crippen LogP contribution is -2.41. The summed E-state index contributed by atoms with van der Waals surface area (Å²) in [4.78, 5) is 37.8. The van der Waals surface area contributed by atoms with Crippen LogP contribution >= 0.6 is 0 Å². The monoisotopic (exact) mass is 297 g/mol. The van der Waals surface area contributed by atoms with Gasteiger partial charge >= 0.3 is 11.9 Å². The molecule has 0 aliphatic rings. The predicted molar refractivity (Wildman–Crippen MR) is 72.3 cm³/mol. The number of ether oxygens (including phenoxy) is 1. The highest BCUT2D eigenvalue weighted by Gasteiger charge is 2.21. The summed E-state index contributed by atoms with van der Waals surface area (Å²) < 4.78 is 6.43. The number of carbonyl (C=O) groups is 3. The van der Waals surface area contributed by atoms with Crippen molar-refractivity contribution in [2.24, 2.45) is 0 Å². The third kappa shape index (κ3) is 6.55. The Morgan fingerprint density at radius 3 is 2.71 bits per heavy atom. The van der Waals surface area contributed by atoms with Gasteiger partial charge in [-0.1, -0.05) is 0 Å². The number of hydrogen-bond acceptors (Lipinski definition) is 5. The Kier molecular flexibility index (Phi) is 6.93. The molecule has 0 fully saturated rings. The second-order valence-corrected chi connectivity index (χ2v) is 4.35. The van der Waals surface area contributed by atoms with E-state index in [1.54, 1.807) is 30.2 Å². The summed E-state index contributed by atoms with van der Waals surface area (Å²) in [5.74, 6) is -2.04. The van der Waals surface area contributed by atoms with E-state index in [0.29, 0.717) is 6.54 Å². The Hall–Kier alpha value is -2.38. The number of carbonyl (C=O) groups excluding carboxylic acids is 2. The highest BCUT2D eigenvalue weighted by atomic mass is 16.5. The first-order valence-corrected chi connectivity index (χ1v) is 6.66. The highest BCUT2D eigenvalue weighted by molar-refractivity contribution is 5.83. The summed E-state index contributed by atoms with van der Waals surface area (Å²) in [7, 11) is 0. The van der Waals surface area contributed by atoms with E-state index >= 15 is 0 Å². The molecule has 8 nitrogen and oxygen atoms in total. The Balaban J connectivity index is 2.37. The lowest BCUT2D eigenvalue weighted by atomic mass is 10.1. The van der Waals surface area contributed by atoms with Crippen molar-refractivity contribution >= 4 is 17.8 Å². The zero-order chi connectivity index (χ0) is 15.7. The van der Waals surface area contributed by atoms with E-state index in [9.17, 15) is 14.4 Å². The van der Waals surface area contributed by atoms with Crippen LogP contribution in [0.25, 0.3) is 0 Å². The first-order valence-electron chi connectivity index (χ1n) is 6.66. The highest BCUT2D eigenvalue weighted by Crippen LogP contribution is 2.01. The Morgan fingerprint density at radius 2 is 2.14 bits per heavy atom. The normalized spacial score (nSPS) is 11.7. The molecule has 1 aromatic rings. The lowest BCUT2D eigenvalue weighted by Gasteiger charge is -2.14. The standard InChI is InChI=1S/C13H19N3O5/c1-2-21-12(18)4-3-10(13(19)20)15-11(17)5-7-16-8-6-14-9-16/h6,8-10H,2-5,7H2,1H3,(H,15,17)(H,19,20)/t10-/m0/s1. The zero-order valence-electron chi connectivity index (χ0n) is 11.8. The molecule has 1 atom stereocenters. The Morgan fingerprint density at radius 1 is 1.38 bits per heavy atom. The second-order valence-electron chi connectivity index (χ2n) is 4.35. The number of carboxylic acids is 1. The number of aryl methyl sites for hydroxylation is 1. The van der Waals surface area contributed by atoms with Crippen molar-refractivity contribution in [2.45, 2.75) is 38.8 Å². The number of imidazole rings is 1. The average molecular weight is 297 g/mol. The number of hydrogen-bond donors (Lipinski definition) is 2. The van der Waals surface area contributed by atoms with Gasteiger partial charge in [-0.15, -0.1) is 0 Å². The van der Waals surface area contributed by atoms with Crippen LogP contribution in [0.3, 0.4) is 0 Å². The number of aromatic nitrogens is 2. The molecule has 0 saturated carbocycles. The predicted octanol–water partition coefficient (Wildman–Crippen LogP) is 0.186. The molecule has 1 amide bonds. The first kappa shape index (κ1) is 16.7. The maximum absolute atomic E-state index is 11.7. The maximum atomic E-state index is 11.7. The van der Waals surface area contributed by atoms with Crippen LogP contribution < -0.4 is 5.32 Å². The Labute approximate surface area is 122 Å². The van der Waals surface area contributed by atoms with E-state index in [1.165, 1.54) is 0 Å². The molecular weight excluding hydrogens is 278 g/mol. The quantitative estimate of drug-likeness (QED) is 0.629. The van der Waals surface area contributed by atoms with Gasteiger partial charge in [0.2, 0.25) is 5.91 Å². The maximum Gasteiger partial charge on any atom is 0.326 e. The molecule has 0 unspecified atom stereocenters. The summed E-state index contributed by atoms with van der Waals surface area (Å²) in [6.07, 6.45) is 4.97. The number of nitrogens with one attached hydrogen (secondary N) is 1. The smallest absolute Gasteiger partial charge is 0.326 e. The SMILES string of the molecule is CCOC(=O)CC[C@H](NC(=O)CCn1ccnc1)C(=O)O. The van der Waals surface area contributed by atoms with Crippen LogP contribution in [0.4, 0.5) is 0 Å². The van der Waals surface area contributed by atoms with Crippen molar-refractivity contribution in [3.63, 3.8) is 0 Å². The van der Waals surface area contributed by atoms with E-state index in [1.807, 2.05) is 0 Å². The lowest BCUT2D eigenvalue weighted by molar-refractivity contribution is -0.145. The van der Waals surface area contributed by atoms with Crippen LogP contribution in [0.1, 0.15) is 26.2 Å². The fraction of sp³-hybridized carbons (Fsp3) is 0.538.